The van der Waals surface area contributed by atoms with Crippen molar-refractivity contribution in [3.63, 3.8) is 0 Å². The monoisotopic (exact) mass is 189 g/mol. The highest BCUT2D eigenvalue weighted by Crippen LogP contribution is 2.25. The van der Waals surface area contributed by atoms with Crippen LogP contribution in [0.2, 0.25) is 0 Å². The highest BCUT2D eigenvalue weighted by Gasteiger charge is 2.28. The molecule has 2 N–H and O–H groups in total. The van der Waals surface area contributed by atoms with Gasteiger partial charge in [-0.1, -0.05) is 12.2 Å². The van der Waals surface area contributed by atoms with E-state index in [-0.39, 0.29) is 11.7 Å². The SMILES string of the molecule is C=C(CCN)C1CCS(=O)(=O)C1. The zero-order valence-electron chi connectivity index (χ0n) is 7.12. The van der Waals surface area contributed by atoms with Gasteiger partial charge < -0.3 is 5.73 Å². The number of nitrogens with two attached hydrogens (primary N) is 1. The minimum Gasteiger partial charge on any atom is -0.330 e. The molecular weight excluding hydrogens is 174 g/mol. The van der Waals surface area contributed by atoms with Gasteiger partial charge in [-0.3, -0.25) is 0 Å². The van der Waals surface area contributed by atoms with Gasteiger partial charge in [-0.25, -0.2) is 8.42 Å². The molecule has 1 atom stereocenters. The topological polar surface area (TPSA) is 60.2 Å². The van der Waals surface area contributed by atoms with Crippen molar-refractivity contribution in [3.05, 3.63) is 12.2 Å². The van der Waals surface area contributed by atoms with Crippen molar-refractivity contribution < 1.29 is 8.42 Å². The van der Waals surface area contributed by atoms with E-state index >= 15 is 0 Å². The summed E-state index contributed by atoms with van der Waals surface area (Å²) in [7, 11) is -2.76. The Morgan fingerprint density at radius 2 is 2.25 bits per heavy atom. The number of rotatable bonds is 3. The van der Waals surface area contributed by atoms with E-state index in [0.717, 1.165) is 18.4 Å². The molecule has 1 aliphatic rings. The minimum atomic E-state index is -2.76. The van der Waals surface area contributed by atoms with Gasteiger partial charge in [0.05, 0.1) is 11.5 Å². The largest absolute Gasteiger partial charge is 0.330 e. The van der Waals surface area contributed by atoms with Crippen molar-refractivity contribution in [3.8, 4) is 0 Å². The fourth-order valence-corrected chi connectivity index (χ4v) is 3.33. The Morgan fingerprint density at radius 3 is 2.67 bits per heavy atom. The Bertz CT molecular complexity index is 269. The molecule has 12 heavy (non-hydrogen) atoms. The number of hydrogen-bond acceptors (Lipinski definition) is 3. The van der Waals surface area contributed by atoms with Crippen molar-refractivity contribution in [1.29, 1.82) is 0 Å². The molecule has 0 aromatic rings. The first kappa shape index (κ1) is 9.74. The van der Waals surface area contributed by atoms with Crippen LogP contribution in [0.15, 0.2) is 12.2 Å². The maximum atomic E-state index is 11.1. The van der Waals surface area contributed by atoms with E-state index in [0.29, 0.717) is 12.3 Å². The maximum Gasteiger partial charge on any atom is 0.150 e. The first-order valence-electron chi connectivity index (χ1n) is 4.13. The second-order valence-electron chi connectivity index (χ2n) is 3.30. The average Bonchev–Trinajstić information content (AvgIpc) is 2.31. The van der Waals surface area contributed by atoms with Crippen molar-refractivity contribution in [2.45, 2.75) is 12.8 Å². The summed E-state index contributed by atoms with van der Waals surface area (Å²) >= 11 is 0. The molecule has 0 bridgehead atoms. The molecule has 0 radical (unpaired) electrons. The van der Waals surface area contributed by atoms with Gasteiger partial charge in [0.1, 0.15) is 0 Å². The van der Waals surface area contributed by atoms with Gasteiger partial charge in [0.15, 0.2) is 9.84 Å². The molecule has 0 aromatic carbocycles. The van der Waals surface area contributed by atoms with Crippen LogP contribution in [0.3, 0.4) is 0 Å². The Labute approximate surface area is 73.6 Å². The summed E-state index contributed by atoms with van der Waals surface area (Å²) in [5.41, 5.74) is 6.35. The van der Waals surface area contributed by atoms with Crippen molar-refractivity contribution in [2.24, 2.45) is 11.7 Å². The third-order valence-electron chi connectivity index (χ3n) is 2.28. The molecule has 0 amide bonds. The number of sulfone groups is 1. The first-order chi connectivity index (χ1) is 5.55. The van der Waals surface area contributed by atoms with Crippen molar-refractivity contribution in [1.82, 2.24) is 0 Å². The molecule has 0 spiro atoms. The zero-order chi connectivity index (χ0) is 9.19. The van der Waals surface area contributed by atoms with Gasteiger partial charge in [-0.15, -0.1) is 0 Å². The van der Waals surface area contributed by atoms with Crippen LogP contribution in [0.4, 0.5) is 0 Å². The Balaban J connectivity index is 2.53. The van der Waals surface area contributed by atoms with Crippen molar-refractivity contribution in [2.75, 3.05) is 18.1 Å². The lowest BCUT2D eigenvalue weighted by atomic mass is 9.98. The Kier molecular flexibility index (Phi) is 2.90. The fourth-order valence-electron chi connectivity index (χ4n) is 1.51. The second-order valence-corrected chi connectivity index (χ2v) is 5.53. The third kappa shape index (κ3) is 2.32. The summed E-state index contributed by atoms with van der Waals surface area (Å²) in [5, 5.41) is 0. The normalized spacial score (nSPS) is 27.2. The summed E-state index contributed by atoms with van der Waals surface area (Å²) in [6.07, 6.45) is 1.49. The van der Waals surface area contributed by atoms with Gasteiger partial charge in [0.25, 0.3) is 0 Å². The lowest BCUT2D eigenvalue weighted by molar-refractivity contribution is 0.599. The van der Waals surface area contributed by atoms with E-state index in [1.807, 2.05) is 0 Å². The predicted molar refractivity (Wildman–Crippen MR) is 49.6 cm³/mol. The van der Waals surface area contributed by atoms with Gasteiger partial charge in [0.2, 0.25) is 0 Å². The van der Waals surface area contributed by atoms with Crippen LogP contribution in [-0.2, 0) is 9.84 Å². The standard InChI is InChI=1S/C8H15NO2S/c1-7(2-4-9)8-3-5-12(10,11)6-8/h8H,1-6,9H2. The molecule has 0 aliphatic carbocycles. The third-order valence-corrected chi connectivity index (χ3v) is 4.04. The molecule has 1 heterocycles. The minimum absolute atomic E-state index is 0.165. The molecule has 1 fully saturated rings. The molecule has 0 aromatic heterocycles. The number of hydrogen-bond donors (Lipinski definition) is 1. The Morgan fingerprint density at radius 1 is 1.58 bits per heavy atom. The highest BCUT2D eigenvalue weighted by molar-refractivity contribution is 7.91. The van der Waals surface area contributed by atoms with Crippen LogP contribution in [0.1, 0.15) is 12.8 Å². The van der Waals surface area contributed by atoms with Crippen LogP contribution in [0, 0.1) is 5.92 Å². The molecule has 1 unspecified atom stereocenters. The fraction of sp³-hybridized carbons (Fsp3) is 0.750. The van der Waals surface area contributed by atoms with Crippen LogP contribution in [0.5, 0.6) is 0 Å². The van der Waals surface area contributed by atoms with E-state index in [1.165, 1.54) is 0 Å². The zero-order valence-corrected chi connectivity index (χ0v) is 7.94. The van der Waals surface area contributed by atoms with Gasteiger partial charge >= 0.3 is 0 Å². The molecule has 70 valence electrons. The molecule has 0 saturated carbocycles. The van der Waals surface area contributed by atoms with E-state index in [2.05, 4.69) is 6.58 Å². The molecule has 3 nitrogen and oxygen atoms in total. The van der Waals surface area contributed by atoms with Crippen LogP contribution >= 0.6 is 0 Å². The Hall–Kier alpha value is -0.350. The van der Waals surface area contributed by atoms with Crippen molar-refractivity contribution >= 4 is 9.84 Å². The lowest BCUT2D eigenvalue weighted by Crippen LogP contribution is -2.10. The van der Waals surface area contributed by atoms with E-state index in [1.54, 1.807) is 0 Å². The maximum absolute atomic E-state index is 11.1. The molecule has 4 heteroatoms. The molecular formula is C8H15NO2S. The lowest BCUT2D eigenvalue weighted by Gasteiger charge is -2.09. The van der Waals surface area contributed by atoms with Gasteiger partial charge in [0, 0.05) is 0 Å². The van der Waals surface area contributed by atoms with E-state index < -0.39 is 9.84 Å². The summed E-state index contributed by atoms with van der Waals surface area (Å²) < 4.78 is 22.2. The summed E-state index contributed by atoms with van der Waals surface area (Å²) in [6.45, 7) is 4.41. The summed E-state index contributed by atoms with van der Waals surface area (Å²) in [4.78, 5) is 0. The second kappa shape index (κ2) is 3.58. The highest BCUT2D eigenvalue weighted by atomic mass is 32.2. The van der Waals surface area contributed by atoms with E-state index in [4.69, 9.17) is 5.73 Å². The molecule has 1 aliphatic heterocycles. The smallest absolute Gasteiger partial charge is 0.150 e. The van der Waals surface area contributed by atoms with Crippen LogP contribution < -0.4 is 5.73 Å². The first-order valence-corrected chi connectivity index (χ1v) is 5.95. The van der Waals surface area contributed by atoms with Gasteiger partial charge in [-0.05, 0) is 25.3 Å². The molecule has 1 rings (SSSR count). The summed E-state index contributed by atoms with van der Waals surface area (Å²) in [5.74, 6) is 0.770. The van der Waals surface area contributed by atoms with Gasteiger partial charge in [-0.2, -0.15) is 0 Å². The van der Waals surface area contributed by atoms with Crippen LogP contribution in [0.25, 0.3) is 0 Å². The summed E-state index contributed by atoms with van der Waals surface area (Å²) in [6, 6.07) is 0. The predicted octanol–water partition coefficient (Wildman–Crippen LogP) is 0.326. The van der Waals surface area contributed by atoms with E-state index in [9.17, 15) is 8.42 Å². The average molecular weight is 189 g/mol. The molecule has 1 saturated heterocycles. The van der Waals surface area contributed by atoms with Crippen LogP contribution in [-0.4, -0.2) is 26.5 Å². The quantitative estimate of drug-likeness (QED) is 0.651.